The molecule has 0 fully saturated rings. The molecule has 0 aliphatic rings. The van der Waals surface area contributed by atoms with Crippen LogP contribution in [0.5, 0.6) is 0 Å². The molecule has 70 valence electrons. The van der Waals surface area contributed by atoms with Gasteiger partial charge in [-0.05, 0) is 32.4 Å². The van der Waals surface area contributed by atoms with Crippen LogP contribution in [0, 0.1) is 32.1 Å². The number of aromatic amines is 1. The summed E-state index contributed by atoms with van der Waals surface area (Å²) in [5.41, 5.74) is 5.21. The van der Waals surface area contributed by atoms with Crippen molar-refractivity contribution in [1.29, 1.82) is 5.26 Å². The molecule has 0 spiro atoms. The van der Waals surface area contributed by atoms with E-state index < -0.39 is 0 Å². The summed E-state index contributed by atoms with van der Waals surface area (Å²) in [6, 6.07) is 6.43. The number of H-pyrrole nitrogens is 1. The predicted molar refractivity (Wildman–Crippen MR) is 57.2 cm³/mol. The van der Waals surface area contributed by atoms with Gasteiger partial charge in [-0.15, -0.1) is 0 Å². The van der Waals surface area contributed by atoms with Crippen LogP contribution in [0.1, 0.15) is 22.4 Å². The second-order valence-electron chi connectivity index (χ2n) is 3.74. The van der Waals surface area contributed by atoms with Gasteiger partial charge in [-0.1, -0.05) is 11.6 Å². The number of fused-ring (bicyclic) bond motifs is 1. The van der Waals surface area contributed by atoms with Gasteiger partial charge >= 0.3 is 0 Å². The molecular formula is C12H12N2. The van der Waals surface area contributed by atoms with E-state index in [-0.39, 0.29) is 0 Å². The minimum absolute atomic E-state index is 0.770. The lowest BCUT2D eigenvalue weighted by Gasteiger charge is -1.98. The molecule has 0 atom stereocenters. The Kier molecular flexibility index (Phi) is 1.82. The Balaban J connectivity index is 2.97. The van der Waals surface area contributed by atoms with Crippen LogP contribution in [-0.2, 0) is 0 Å². The quantitative estimate of drug-likeness (QED) is 0.671. The Labute approximate surface area is 83.2 Å². The normalized spacial score (nSPS) is 10.4. The van der Waals surface area contributed by atoms with Gasteiger partial charge in [-0.2, -0.15) is 5.26 Å². The molecule has 0 unspecified atom stereocenters. The summed E-state index contributed by atoms with van der Waals surface area (Å²) < 4.78 is 0. The second-order valence-corrected chi connectivity index (χ2v) is 3.74. The molecule has 2 heteroatoms. The Morgan fingerprint density at radius 2 is 1.93 bits per heavy atom. The first-order chi connectivity index (χ1) is 6.63. The van der Waals surface area contributed by atoms with Gasteiger partial charge in [0.05, 0.1) is 5.56 Å². The van der Waals surface area contributed by atoms with E-state index in [0.717, 1.165) is 22.2 Å². The van der Waals surface area contributed by atoms with Gasteiger partial charge < -0.3 is 4.98 Å². The summed E-state index contributed by atoms with van der Waals surface area (Å²) >= 11 is 0. The van der Waals surface area contributed by atoms with E-state index in [9.17, 15) is 0 Å². The summed E-state index contributed by atoms with van der Waals surface area (Å²) in [5.74, 6) is 0. The van der Waals surface area contributed by atoms with Crippen molar-refractivity contribution in [3.8, 4) is 6.07 Å². The highest BCUT2D eigenvalue weighted by Crippen LogP contribution is 2.25. The van der Waals surface area contributed by atoms with Crippen molar-refractivity contribution in [2.45, 2.75) is 20.8 Å². The molecule has 0 aliphatic heterocycles. The highest BCUT2D eigenvalue weighted by Gasteiger charge is 2.09. The van der Waals surface area contributed by atoms with E-state index in [4.69, 9.17) is 5.26 Å². The molecule has 2 aromatic rings. The van der Waals surface area contributed by atoms with Crippen LogP contribution in [0.3, 0.4) is 0 Å². The largest absolute Gasteiger partial charge is 0.357 e. The average Bonchev–Trinajstić information content (AvgIpc) is 2.41. The van der Waals surface area contributed by atoms with Crippen molar-refractivity contribution in [2.24, 2.45) is 0 Å². The monoisotopic (exact) mass is 184 g/mol. The van der Waals surface area contributed by atoms with Gasteiger partial charge in [0.25, 0.3) is 0 Å². The number of hydrogen-bond acceptors (Lipinski definition) is 1. The van der Waals surface area contributed by atoms with Gasteiger partial charge in [0.2, 0.25) is 0 Å². The first-order valence-electron chi connectivity index (χ1n) is 4.63. The molecule has 0 saturated carbocycles. The third-order valence-electron chi connectivity index (χ3n) is 2.55. The number of aryl methyl sites for hydroxylation is 3. The van der Waals surface area contributed by atoms with Gasteiger partial charge in [0.15, 0.2) is 0 Å². The van der Waals surface area contributed by atoms with Crippen LogP contribution in [0.15, 0.2) is 12.1 Å². The Morgan fingerprint density at radius 3 is 2.57 bits per heavy atom. The van der Waals surface area contributed by atoms with Gasteiger partial charge in [-0.25, -0.2) is 0 Å². The van der Waals surface area contributed by atoms with Gasteiger partial charge in [0.1, 0.15) is 6.07 Å². The van der Waals surface area contributed by atoms with E-state index in [1.54, 1.807) is 0 Å². The number of nitrogens with one attached hydrogen (secondary N) is 1. The van der Waals surface area contributed by atoms with Crippen molar-refractivity contribution in [3.63, 3.8) is 0 Å². The number of aromatic nitrogens is 1. The molecule has 1 aromatic heterocycles. The van der Waals surface area contributed by atoms with Crippen molar-refractivity contribution < 1.29 is 0 Å². The first-order valence-corrected chi connectivity index (χ1v) is 4.63. The van der Waals surface area contributed by atoms with E-state index >= 15 is 0 Å². The molecule has 1 heterocycles. The third-order valence-corrected chi connectivity index (χ3v) is 2.55. The molecule has 2 nitrogen and oxygen atoms in total. The van der Waals surface area contributed by atoms with Crippen LogP contribution >= 0.6 is 0 Å². The lowest BCUT2D eigenvalue weighted by molar-refractivity contribution is 1.27. The highest BCUT2D eigenvalue weighted by atomic mass is 14.7. The number of benzene rings is 1. The fourth-order valence-corrected chi connectivity index (χ4v) is 1.93. The van der Waals surface area contributed by atoms with Crippen LogP contribution in [0.2, 0.25) is 0 Å². The van der Waals surface area contributed by atoms with E-state index in [2.05, 4.69) is 37.0 Å². The van der Waals surface area contributed by atoms with E-state index in [1.807, 2.05) is 6.92 Å². The molecule has 1 aromatic carbocycles. The predicted octanol–water partition coefficient (Wildman–Crippen LogP) is 2.96. The lowest BCUT2D eigenvalue weighted by atomic mass is 10.1. The van der Waals surface area contributed by atoms with E-state index in [0.29, 0.717) is 0 Å². The first kappa shape index (κ1) is 8.83. The maximum atomic E-state index is 9.02. The molecule has 0 radical (unpaired) electrons. The number of hydrogen-bond donors (Lipinski definition) is 1. The number of nitrogens with zero attached hydrogens (tertiary/aromatic N) is 1. The number of nitriles is 1. The number of rotatable bonds is 0. The third kappa shape index (κ3) is 1.10. The SMILES string of the molecule is Cc1cc(C)c2[nH]c(C)c(C#N)c2c1. The van der Waals surface area contributed by atoms with Crippen LogP contribution in [-0.4, -0.2) is 4.98 Å². The highest BCUT2D eigenvalue weighted by molar-refractivity contribution is 5.90. The van der Waals surface area contributed by atoms with Crippen molar-refractivity contribution in [3.05, 3.63) is 34.5 Å². The molecule has 0 bridgehead atoms. The topological polar surface area (TPSA) is 39.6 Å². The molecule has 0 amide bonds. The zero-order chi connectivity index (χ0) is 10.3. The van der Waals surface area contributed by atoms with Crippen molar-refractivity contribution >= 4 is 10.9 Å². The van der Waals surface area contributed by atoms with Crippen LogP contribution in [0.25, 0.3) is 10.9 Å². The van der Waals surface area contributed by atoms with Crippen molar-refractivity contribution in [2.75, 3.05) is 0 Å². The summed E-state index contributed by atoms with van der Waals surface area (Å²) in [4.78, 5) is 3.25. The molecule has 14 heavy (non-hydrogen) atoms. The smallest absolute Gasteiger partial charge is 0.102 e. The standard InChI is InChI=1S/C12H12N2/c1-7-4-8(2)12-10(5-7)11(6-13)9(3)14-12/h4-5,14H,1-3H3. The summed E-state index contributed by atoms with van der Waals surface area (Å²) in [5, 5.41) is 10.1. The Hall–Kier alpha value is -1.75. The summed E-state index contributed by atoms with van der Waals surface area (Å²) in [6.45, 7) is 6.05. The zero-order valence-electron chi connectivity index (χ0n) is 8.60. The molecular weight excluding hydrogens is 172 g/mol. The zero-order valence-corrected chi connectivity index (χ0v) is 8.60. The van der Waals surface area contributed by atoms with E-state index in [1.165, 1.54) is 11.1 Å². The second kappa shape index (κ2) is 2.88. The molecule has 1 N–H and O–H groups in total. The van der Waals surface area contributed by atoms with Crippen molar-refractivity contribution in [1.82, 2.24) is 4.98 Å². The molecule has 2 rings (SSSR count). The van der Waals surface area contributed by atoms with Gasteiger partial charge in [0, 0.05) is 16.6 Å². The Morgan fingerprint density at radius 1 is 1.21 bits per heavy atom. The minimum Gasteiger partial charge on any atom is -0.357 e. The summed E-state index contributed by atoms with van der Waals surface area (Å²) in [7, 11) is 0. The maximum absolute atomic E-state index is 9.02. The minimum atomic E-state index is 0.770. The van der Waals surface area contributed by atoms with Crippen LogP contribution < -0.4 is 0 Å². The average molecular weight is 184 g/mol. The Bertz CT molecular complexity index is 541. The molecule has 0 aliphatic carbocycles. The lowest BCUT2D eigenvalue weighted by Crippen LogP contribution is -1.79. The fraction of sp³-hybridized carbons (Fsp3) is 0.250. The van der Waals surface area contributed by atoms with Crippen LogP contribution in [0.4, 0.5) is 0 Å². The van der Waals surface area contributed by atoms with Gasteiger partial charge in [-0.3, -0.25) is 0 Å². The molecule has 0 saturated heterocycles. The summed E-state index contributed by atoms with van der Waals surface area (Å²) in [6.07, 6.45) is 0. The fourth-order valence-electron chi connectivity index (χ4n) is 1.93. The maximum Gasteiger partial charge on any atom is 0.102 e.